The molecule has 8 atom stereocenters. The van der Waals surface area contributed by atoms with Crippen LogP contribution in [0, 0.1) is 23.7 Å². The van der Waals surface area contributed by atoms with Crippen molar-refractivity contribution in [3.63, 3.8) is 0 Å². The zero-order valence-corrected chi connectivity index (χ0v) is 18.5. The first-order valence-electron chi connectivity index (χ1n) is 10.8. The summed E-state index contributed by atoms with van der Waals surface area (Å²) < 4.78 is 18.3. The number of hydrogen-bond acceptors (Lipinski definition) is 5. The Morgan fingerprint density at radius 3 is 2.61 bits per heavy atom. The lowest BCUT2D eigenvalue weighted by molar-refractivity contribution is -0.179. The van der Waals surface area contributed by atoms with Crippen LogP contribution in [0.2, 0.25) is 0 Å². The maximum atomic E-state index is 12.0. The summed E-state index contributed by atoms with van der Waals surface area (Å²) in [5, 5.41) is 11.3. The maximum absolute atomic E-state index is 12.0. The topological polar surface area (TPSA) is 65.0 Å². The Morgan fingerprint density at radius 1 is 1.36 bits per heavy atom. The van der Waals surface area contributed by atoms with Gasteiger partial charge in [0.2, 0.25) is 0 Å². The van der Waals surface area contributed by atoms with E-state index in [1.54, 1.807) is 7.11 Å². The summed E-state index contributed by atoms with van der Waals surface area (Å²) in [6, 6.07) is 0. The highest BCUT2D eigenvalue weighted by atomic mass is 16.6. The number of carbonyl (C=O) groups excluding carboxylic acids is 1. The lowest BCUT2D eigenvalue weighted by Crippen LogP contribution is -2.51. The van der Waals surface area contributed by atoms with Crippen LogP contribution in [-0.4, -0.2) is 47.7 Å². The fourth-order valence-electron chi connectivity index (χ4n) is 6.16. The third-order valence-corrected chi connectivity index (χ3v) is 7.55. The first kappa shape index (κ1) is 21.8. The molecule has 1 N–H and O–H groups in total. The second-order valence-corrected chi connectivity index (χ2v) is 10.0. The van der Waals surface area contributed by atoms with E-state index in [2.05, 4.69) is 26.8 Å². The molecule has 5 nitrogen and oxygen atoms in total. The Bertz CT molecular complexity index is 624. The average Bonchev–Trinajstić information content (AvgIpc) is 2.95. The third-order valence-electron chi connectivity index (χ3n) is 7.55. The zero-order valence-electron chi connectivity index (χ0n) is 18.5. The molecule has 0 unspecified atom stereocenters. The molecule has 3 rings (SSSR count). The van der Waals surface area contributed by atoms with E-state index in [9.17, 15) is 9.90 Å². The van der Waals surface area contributed by atoms with Crippen LogP contribution in [-0.2, 0) is 19.0 Å². The van der Waals surface area contributed by atoms with Crippen LogP contribution in [0.15, 0.2) is 11.6 Å². The molecule has 2 aliphatic heterocycles. The summed E-state index contributed by atoms with van der Waals surface area (Å²) in [6.07, 6.45) is 4.54. The van der Waals surface area contributed by atoms with Crippen molar-refractivity contribution in [2.75, 3.05) is 7.11 Å². The number of ether oxygens (including phenoxy) is 3. The van der Waals surface area contributed by atoms with E-state index in [1.807, 2.05) is 13.8 Å². The van der Waals surface area contributed by atoms with Gasteiger partial charge in [0.1, 0.15) is 11.7 Å². The zero-order chi connectivity index (χ0) is 20.9. The molecule has 0 aromatic carbocycles. The number of rotatable bonds is 3. The number of carbonyl (C=O) groups is 1. The number of fused-ring (bicyclic) bond motifs is 5. The molecule has 3 aliphatic rings. The van der Waals surface area contributed by atoms with Crippen LogP contribution in [0.3, 0.4) is 0 Å². The summed E-state index contributed by atoms with van der Waals surface area (Å²) >= 11 is 0. The highest BCUT2D eigenvalue weighted by molar-refractivity contribution is 5.66. The molecule has 0 saturated carbocycles. The average molecular weight is 395 g/mol. The Morgan fingerprint density at radius 2 is 2.04 bits per heavy atom. The van der Waals surface area contributed by atoms with Crippen molar-refractivity contribution in [1.29, 1.82) is 0 Å². The monoisotopic (exact) mass is 394 g/mol. The van der Waals surface area contributed by atoms with Crippen molar-refractivity contribution in [2.45, 2.75) is 96.7 Å². The van der Waals surface area contributed by atoms with Crippen molar-refractivity contribution in [3.05, 3.63) is 11.6 Å². The fraction of sp³-hybridized carbons (Fsp3) is 0.870. The molecule has 5 heteroatoms. The molecule has 0 radical (unpaired) electrons. The van der Waals surface area contributed by atoms with Gasteiger partial charge in [0.15, 0.2) is 0 Å². The smallest absolute Gasteiger partial charge is 0.303 e. The molecule has 28 heavy (non-hydrogen) atoms. The normalized spacial score (nSPS) is 46.2. The molecular weight excluding hydrogens is 356 g/mol. The number of methoxy groups -OCH3 is 1. The van der Waals surface area contributed by atoms with E-state index in [4.69, 9.17) is 14.2 Å². The quantitative estimate of drug-likeness (QED) is 0.581. The van der Waals surface area contributed by atoms with Crippen molar-refractivity contribution < 1.29 is 24.1 Å². The Kier molecular flexibility index (Phi) is 6.02. The summed E-state index contributed by atoms with van der Waals surface area (Å²) in [6.45, 7) is 12.1. The first-order valence-corrected chi connectivity index (χ1v) is 10.8. The minimum Gasteiger partial charge on any atom is -0.457 e. The lowest BCUT2D eigenvalue weighted by atomic mass is 9.62. The maximum Gasteiger partial charge on any atom is 0.303 e. The minimum atomic E-state index is -0.995. The highest BCUT2D eigenvalue weighted by Crippen LogP contribution is 2.54. The van der Waals surface area contributed by atoms with Crippen LogP contribution in [0.5, 0.6) is 0 Å². The molecule has 2 fully saturated rings. The van der Waals surface area contributed by atoms with Gasteiger partial charge in [-0.25, -0.2) is 0 Å². The summed E-state index contributed by atoms with van der Waals surface area (Å²) in [4.78, 5) is 12.0. The van der Waals surface area contributed by atoms with Gasteiger partial charge in [-0.05, 0) is 51.9 Å². The van der Waals surface area contributed by atoms with Gasteiger partial charge in [-0.1, -0.05) is 25.5 Å². The standard InChI is InChI=1S/C23H38O5/c1-13(2)16-9-8-14(3)19-17-12-22(5,25)18(26-7)10-11-23(6,28-15(4)24)21(27-17)20(16)19/h8,13,16-21,25H,9-12H2,1-7H3/t16-,17-,18+,19-,20-,21-,22+,23-/m0/s1. The highest BCUT2D eigenvalue weighted by Gasteiger charge is 2.59. The van der Waals surface area contributed by atoms with E-state index in [0.29, 0.717) is 31.1 Å². The minimum absolute atomic E-state index is 0.103. The van der Waals surface area contributed by atoms with Crippen molar-refractivity contribution in [1.82, 2.24) is 0 Å². The number of esters is 1. The summed E-state index contributed by atoms with van der Waals surface area (Å²) in [7, 11) is 1.64. The molecule has 0 aromatic rings. The van der Waals surface area contributed by atoms with Gasteiger partial charge < -0.3 is 19.3 Å². The fourth-order valence-corrected chi connectivity index (χ4v) is 6.16. The predicted molar refractivity (Wildman–Crippen MR) is 108 cm³/mol. The van der Waals surface area contributed by atoms with E-state index in [1.165, 1.54) is 12.5 Å². The van der Waals surface area contributed by atoms with Gasteiger partial charge >= 0.3 is 5.97 Å². The number of aliphatic hydroxyl groups is 1. The Labute approximate surface area is 169 Å². The largest absolute Gasteiger partial charge is 0.457 e. The van der Waals surface area contributed by atoms with Crippen molar-refractivity contribution in [2.24, 2.45) is 23.7 Å². The molecular formula is C23H38O5. The van der Waals surface area contributed by atoms with Gasteiger partial charge in [-0.2, -0.15) is 0 Å². The van der Waals surface area contributed by atoms with Gasteiger partial charge in [0.05, 0.1) is 17.8 Å². The van der Waals surface area contributed by atoms with Crippen LogP contribution in [0.4, 0.5) is 0 Å². The molecule has 1 aliphatic carbocycles. The van der Waals surface area contributed by atoms with Crippen LogP contribution < -0.4 is 0 Å². The third kappa shape index (κ3) is 3.78. The molecule has 160 valence electrons. The van der Waals surface area contributed by atoms with E-state index in [0.717, 1.165) is 6.42 Å². The van der Waals surface area contributed by atoms with Crippen LogP contribution >= 0.6 is 0 Å². The molecule has 0 aromatic heterocycles. The lowest BCUT2D eigenvalue weighted by Gasteiger charge is -2.45. The van der Waals surface area contributed by atoms with Gasteiger partial charge in [0, 0.05) is 32.3 Å². The molecule has 2 saturated heterocycles. The van der Waals surface area contributed by atoms with E-state index >= 15 is 0 Å². The van der Waals surface area contributed by atoms with E-state index < -0.39 is 11.2 Å². The summed E-state index contributed by atoms with van der Waals surface area (Å²) in [5.74, 6) is 1.23. The molecule has 0 spiro atoms. The van der Waals surface area contributed by atoms with E-state index in [-0.39, 0.29) is 36.1 Å². The second kappa shape index (κ2) is 7.73. The van der Waals surface area contributed by atoms with Crippen LogP contribution in [0.1, 0.15) is 67.2 Å². The SMILES string of the molecule is CO[C@@H]1CC[C@](C)(OC(C)=O)[C@H]2O[C@@H](C[C@@]1(C)O)[C@@H]1C(C)=CC[C@@H](C(C)C)[C@@H]12. The number of hydrogen-bond donors (Lipinski definition) is 1. The first-order chi connectivity index (χ1) is 13.0. The Hall–Kier alpha value is -0.910. The molecule has 2 bridgehead atoms. The Balaban J connectivity index is 2.09. The van der Waals surface area contributed by atoms with Gasteiger partial charge in [-0.3, -0.25) is 4.79 Å². The van der Waals surface area contributed by atoms with Crippen LogP contribution in [0.25, 0.3) is 0 Å². The predicted octanol–water partition coefficient (Wildman–Crippen LogP) is 3.88. The van der Waals surface area contributed by atoms with Gasteiger partial charge in [-0.15, -0.1) is 0 Å². The molecule has 2 heterocycles. The number of allylic oxidation sites excluding steroid dienone is 1. The second-order valence-electron chi connectivity index (χ2n) is 10.0. The van der Waals surface area contributed by atoms with Crippen molar-refractivity contribution >= 4 is 5.97 Å². The van der Waals surface area contributed by atoms with Crippen molar-refractivity contribution in [3.8, 4) is 0 Å². The van der Waals surface area contributed by atoms with Gasteiger partial charge in [0.25, 0.3) is 0 Å². The summed E-state index contributed by atoms with van der Waals surface area (Å²) in [5.41, 5.74) is -0.387. The molecule has 0 amide bonds.